The molecule has 0 aliphatic carbocycles. The van der Waals surface area contributed by atoms with Crippen LogP contribution in [0.3, 0.4) is 0 Å². The molecule has 1 atom stereocenters. The number of aryl methyl sites for hydroxylation is 1. The molecule has 0 heterocycles. The molecule has 0 aliphatic heterocycles. The Kier molecular flexibility index (Phi) is 4.53. The Balaban J connectivity index is 2.14. The summed E-state index contributed by atoms with van der Waals surface area (Å²) in [7, 11) is 0. The van der Waals surface area contributed by atoms with Gasteiger partial charge in [0.2, 0.25) is 0 Å². The minimum Gasteiger partial charge on any atom is -0.321 e. The fourth-order valence-electron chi connectivity index (χ4n) is 2.40. The molecule has 19 heavy (non-hydrogen) atoms. The first-order chi connectivity index (χ1) is 9.24. The van der Waals surface area contributed by atoms with Gasteiger partial charge in [-0.1, -0.05) is 66.7 Å². The Labute approximate surface area is 115 Å². The molecule has 0 radical (unpaired) electrons. The van der Waals surface area contributed by atoms with E-state index in [0.29, 0.717) is 0 Å². The molecule has 0 aromatic heterocycles. The van der Waals surface area contributed by atoms with E-state index < -0.39 is 0 Å². The summed E-state index contributed by atoms with van der Waals surface area (Å²) in [5, 5.41) is 0. The maximum absolute atomic E-state index is 6.61. The van der Waals surface area contributed by atoms with Crippen LogP contribution >= 0.6 is 0 Å². The third-order valence-electron chi connectivity index (χ3n) is 3.56. The van der Waals surface area contributed by atoms with Gasteiger partial charge >= 0.3 is 0 Å². The van der Waals surface area contributed by atoms with Crippen LogP contribution in [0.1, 0.15) is 24.0 Å². The molecular weight excluding hydrogens is 230 g/mol. The Morgan fingerprint density at radius 1 is 0.947 bits per heavy atom. The van der Waals surface area contributed by atoms with Crippen LogP contribution in [0.15, 0.2) is 73.3 Å². The van der Waals surface area contributed by atoms with E-state index in [-0.39, 0.29) is 5.54 Å². The normalized spacial score (nSPS) is 13.7. The van der Waals surface area contributed by atoms with Crippen LogP contribution in [0.4, 0.5) is 0 Å². The molecule has 2 rings (SSSR count). The van der Waals surface area contributed by atoms with E-state index in [1.807, 2.05) is 30.3 Å². The zero-order valence-corrected chi connectivity index (χ0v) is 11.3. The van der Waals surface area contributed by atoms with Gasteiger partial charge in [-0.2, -0.15) is 0 Å². The summed E-state index contributed by atoms with van der Waals surface area (Å²) in [4.78, 5) is 0. The molecule has 0 spiro atoms. The number of hydrogen-bond donors (Lipinski definition) is 1. The molecule has 1 unspecified atom stereocenters. The molecular formula is C18H21N. The second kappa shape index (κ2) is 6.35. The van der Waals surface area contributed by atoms with E-state index in [2.05, 4.69) is 43.0 Å². The topological polar surface area (TPSA) is 26.0 Å². The van der Waals surface area contributed by atoms with Crippen LogP contribution in [0.2, 0.25) is 0 Å². The van der Waals surface area contributed by atoms with Crippen molar-refractivity contribution in [3.05, 3.63) is 84.4 Å². The third kappa shape index (κ3) is 3.55. The highest BCUT2D eigenvalue weighted by Gasteiger charge is 2.25. The monoisotopic (exact) mass is 251 g/mol. The number of hydrogen-bond acceptors (Lipinski definition) is 1. The lowest BCUT2D eigenvalue weighted by Crippen LogP contribution is -2.36. The molecule has 2 N–H and O–H groups in total. The van der Waals surface area contributed by atoms with E-state index in [4.69, 9.17) is 5.73 Å². The lowest BCUT2D eigenvalue weighted by atomic mass is 9.82. The Hall–Kier alpha value is -1.86. The van der Waals surface area contributed by atoms with Crippen molar-refractivity contribution in [2.24, 2.45) is 5.73 Å². The van der Waals surface area contributed by atoms with Crippen molar-refractivity contribution >= 4 is 0 Å². The standard InChI is InChI=1S/C18H21N/c1-2-14-18(19,17-11-7-4-8-12-17)15-13-16-9-5-3-6-10-16/h2-12H,1,13-15,19H2. The van der Waals surface area contributed by atoms with E-state index in [1.165, 1.54) is 11.1 Å². The van der Waals surface area contributed by atoms with E-state index in [9.17, 15) is 0 Å². The largest absolute Gasteiger partial charge is 0.321 e. The Bertz CT molecular complexity index is 504. The number of nitrogens with two attached hydrogens (primary N) is 1. The summed E-state index contributed by atoms with van der Waals surface area (Å²) in [6.45, 7) is 3.85. The van der Waals surface area contributed by atoms with Crippen molar-refractivity contribution in [3.8, 4) is 0 Å². The van der Waals surface area contributed by atoms with E-state index in [0.717, 1.165) is 19.3 Å². The minimum atomic E-state index is -0.321. The van der Waals surface area contributed by atoms with Gasteiger partial charge in [-0.25, -0.2) is 0 Å². The second-order valence-corrected chi connectivity index (χ2v) is 5.00. The van der Waals surface area contributed by atoms with Crippen LogP contribution in [0, 0.1) is 0 Å². The molecule has 2 aromatic carbocycles. The Morgan fingerprint density at radius 2 is 1.53 bits per heavy atom. The van der Waals surface area contributed by atoms with Crippen molar-refractivity contribution in [1.29, 1.82) is 0 Å². The van der Waals surface area contributed by atoms with Crippen LogP contribution < -0.4 is 5.73 Å². The molecule has 2 aromatic rings. The lowest BCUT2D eigenvalue weighted by Gasteiger charge is -2.29. The van der Waals surface area contributed by atoms with Crippen molar-refractivity contribution in [1.82, 2.24) is 0 Å². The van der Waals surface area contributed by atoms with Crippen LogP contribution in [-0.2, 0) is 12.0 Å². The Morgan fingerprint density at radius 3 is 2.11 bits per heavy atom. The van der Waals surface area contributed by atoms with Gasteiger partial charge < -0.3 is 5.73 Å². The maximum atomic E-state index is 6.61. The summed E-state index contributed by atoms with van der Waals surface area (Å²) in [5.74, 6) is 0. The average molecular weight is 251 g/mol. The SMILES string of the molecule is C=CCC(N)(CCc1ccccc1)c1ccccc1. The van der Waals surface area contributed by atoms with Crippen molar-refractivity contribution in [3.63, 3.8) is 0 Å². The van der Waals surface area contributed by atoms with Crippen molar-refractivity contribution < 1.29 is 0 Å². The fraction of sp³-hybridized carbons (Fsp3) is 0.222. The smallest absolute Gasteiger partial charge is 0.0447 e. The fourth-order valence-corrected chi connectivity index (χ4v) is 2.40. The van der Waals surface area contributed by atoms with Crippen LogP contribution in [-0.4, -0.2) is 0 Å². The first-order valence-electron chi connectivity index (χ1n) is 6.74. The molecule has 1 heteroatoms. The second-order valence-electron chi connectivity index (χ2n) is 5.00. The average Bonchev–Trinajstić information content (AvgIpc) is 2.48. The summed E-state index contributed by atoms with van der Waals surface area (Å²) < 4.78 is 0. The minimum absolute atomic E-state index is 0.321. The van der Waals surface area contributed by atoms with Crippen LogP contribution in [0.25, 0.3) is 0 Å². The van der Waals surface area contributed by atoms with Gasteiger partial charge in [-0.3, -0.25) is 0 Å². The zero-order valence-electron chi connectivity index (χ0n) is 11.3. The molecule has 0 aliphatic rings. The van der Waals surface area contributed by atoms with Crippen LogP contribution in [0.5, 0.6) is 0 Å². The maximum Gasteiger partial charge on any atom is 0.0447 e. The quantitative estimate of drug-likeness (QED) is 0.770. The number of benzene rings is 2. The van der Waals surface area contributed by atoms with Gasteiger partial charge in [0.05, 0.1) is 0 Å². The molecule has 0 fully saturated rings. The van der Waals surface area contributed by atoms with Gasteiger partial charge in [-0.05, 0) is 30.4 Å². The first kappa shape index (κ1) is 13.6. The molecule has 0 saturated heterocycles. The highest BCUT2D eigenvalue weighted by Crippen LogP contribution is 2.28. The molecule has 0 amide bonds. The highest BCUT2D eigenvalue weighted by atomic mass is 14.7. The van der Waals surface area contributed by atoms with E-state index in [1.54, 1.807) is 0 Å². The first-order valence-corrected chi connectivity index (χ1v) is 6.74. The third-order valence-corrected chi connectivity index (χ3v) is 3.56. The van der Waals surface area contributed by atoms with E-state index >= 15 is 0 Å². The van der Waals surface area contributed by atoms with Gasteiger partial charge in [0.1, 0.15) is 0 Å². The van der Waals surface area contributed by atoms with Crippen molar-refractivity contribution in [2.75, 3.05) is 0 Å². The zero-order chi connectivity index (χ0) is 13.6. The molecule has 1 nitrogen and oxygen atoms in total. The van der Waals surface area contributed by atoms with Gasteiger partial charge in [-0.15, -0.1) is 6.58 Å². The summed E-state index contributed by atoms with van der Waals surface area (Å²) >= 11 is 0. The van der Waals surface area contributed by atoms with Gasteiger partial charge in [0.25, 0.3) is 0 Å². The summed E-state index contributed by atoms with van der Waals surface area (Å²) in [5.41, 5.74) is 8.80. The predicted molar refractivity (Wildman–Crippen MR) is 81.9 cm³/mol. The van der Waals surface area contributed by atoms with Gasteiger partial charge in [0.15, 0.2) is 0 Å². The summed E-state index contributed by atoms with van der Waals surface area (Å²) in [6.07, 6.45) is 4.62. The number of rotatable bonds is 6. The predicted octanol–water partition coefficient (Wildman–Crippen LogP) is 4.05. The summed E-state index contributed by atoms with van der Waals surface area (Å²) in [6, 6.07) is 20.8. The van der Waals surface area contributed by atoms with Crippen molar-refractivity contribution in [2.45, 2.75) is 24.8 Å². The molecule has 0 bridgehead atoms. The lowest BCUT2D eigenvalue weighted by molar-refractivity contribution is 0.414. The molecule has 0 saturated carbocycles. The highest BCUT2D eigenvalue weighted by molar-refractivity contribution is 5.26. The molecule has 98 valence electrons. The van der Waals surface area contributed by atoms with Gasteiger partial charge in [0, 0.05) is 5.54 Å².